The molecule has 3 aromatic heterocycles. The SMILES string of the molecule is COc1ccc(-c2nn3c(c2-c2ccnc4[nH]cc(C)c24)CN(C(=O)/C=C/CN(C)C)CC3)cc1F. The number of hydrogen-bond acceptors (Lipinski definition) is 5. The number of fused-ring (bicyclic) bond motifs is 2. The van der Waals surface area contributed by atoms with E-state index in [-0.39, 0.29) is 11.7 Å². The molecule has 1 aliphatic heterocycles. The lowest BCUT2D eigenvalue weighted by molar-refractivity contribution is -0.127. The fourth-order valence-corrected chi connectivity index (χ4v) is 4.70. The van der Waals surface area contributed by atoms with Crippen LogP contribution in [-0.4, -0.2) is 69.8 Å². The Kier molecular flexibility index (Phi) is 6.32. The maximum Gasteiger partial charge on any atom is 0.246 e. The number of likely N-dealkylation sites (N-methyl/N-ethyl adjacent to an activating group) is 1. The highest BCUT2D eigenvalue weighted by Crippen LogP contribution is 2.41. The lowest BCUT2D eigenvalue weighted by Crippen LogP contribution is -2.37. The summed E-state index contributed by atoms with van der Waals surface area (Å²) in [6.07, 6.45) is 7.18. The van der Waals surface area contributed by atoms with Gasteiger partial charge in [0.1, 0.15) is 11.3 Å². The molecule has 1 amide bonds. The van der Waals surface area contributed by atoms with Crippen molar-refractivity contribution in [1.82, 2.24) is 29.5 Å². The lowest BCUT2D eigenvalue weighted by atomic mass is 9.95. The number of H-pyrrole nitrogens is 1. The fourth-order valence-electron chi connectivity index (χ4n) is 4.70. The second-order valence-corrected chi connectivity index (χ2v) is 9.22. The third-order valence-corrected chi connectivity index (χ3v) is 6.49. The number of halogens is 1. The van der Waals surface area contributed by atoms with Crippen molar-refractivity contribution in [2.45, 2.75) is 20.0 Å². The maximum absolute atomic E-state index is 14.7. The number of benzene rings is 1. The molecule has 8 nitrogen and oxygen atoms in total. The van der Waals surface area contributed by atoms with Crippen molar-refractivity contribution in [3.05, 3.63) is 65.9 Å². The minimum Gasteiger partial charge on any atom is -0.494 e. The average molecular weight is 489 g/mol. The first-order valence-electron chi connectivity index (χ1n) is 11.8. The van der Waals surface area contributed by atoms with E-state index in [1.165, 1.54) is 13.2 Å². The minimum atomic E-state index is -0.451. The van der Waals surface area contributed by atoms with Crippen molar-refractivity contribution in [2.75, 3.05) is 34.3 Å². The number of amides is 1. The lowest BCUT2D eigenvalue weighted by Gasteiger charge is -2.27. The van der Waals surface area contributed by atoms with Crippen LogP contribution in [0.1, 0.15) is 11.3 Å². The number of aromatic nitrogens is 4. The van der Waals surface area contributed by atoms with Gasteiger partial charge in [0.15, 0.2) is 11.6 Å². The number of ether oxygens (including phenoxy) is 1. The molecule has 1 aliphatic rings. The van der Waals surface area contributed by atoms with Crippen LogP contribution in [0.15, 0.2) is 48.8 Å². The smallest absolute Gasteiger partial charge is 0.246 e. The first kappa shape index (κ1) is 23.7. The summed E-state index contributed by atoms with van der Waals surface area (Å²) >= 11 is 0. The molecule has 36 heavy (non-hydrogen) atoms. The summed E-state index contributed by atoms with van der Waals surface area (Å²) in [5, 5.41) is 5.89. The molecule has 0 fully saturated rings. The third kappa shape index (κ3) is 4.26. The van der Waals surface area contributed by atoms with Crippen LogP contribution in [-0.2, 0) is 17.9 Å². The largest absolute Gasteiger partial charge is 0.494 e. The fraction of sp³-hybridized carbons (Fsp3) is 0.296. The Balaban J connectivity index is 1.65. The number of aryl methyl sites for hydroxylation is 1. The van der Waals surface area contributed by atoms with Gasteiger partial charge in [0.25, 0.3) is 0 Å². The summed E-state index contributed by atoms with van der Waals surface area (Å²) in [6.45, 7) is 4.22. The molecular weight excluding hydrogens is 459 g/mol. The van der Waals surface area contributed by atoms with E-state index in [1.807, 2.05) is 59.9 Å². The zero-order valence-corrected chi connectivity index (χ0v) is 20.9. The van der Waals surface area contributed by atoms with Crippen LogP contribution in [0.4, 0.5) is 4.39 Å². The minimum absolute atomic E-state index is 0.0370. The quantitative estimate of drug-likeness (QED) is 0.415. The van der Waals surface area contributed by atoms with Crippen molar-refractivity contribution in [1.29, 1.82) is 0 Å². The molecule has 0 spiro atoms. The second-order valence-electron chi connectivity index (χ2n) is 9.22. The van der Waals surface area contributed by atoms with Crippen molar-refractivity contribution in [3.8, 4) is 28.1 Å². The van der Waals surface area contributed by atoms with Crippen molar-refractivity contribution in [3.63, 3.8) is 0 Å². The Morgan fingerprint density at radius 2 is 2.11 bits per heavy atom. The summed E-state index contributed by atoms with van der Waals surface area (Å²) < 4.78 is 21.8. The standard InChI is InChI=1S/C27H29FN6O2/c1-17-15-30-27-24(17)19(9-10-29-27)25-21-16-33(23(35)6-5-11-32(2)3)12-13-34(21)31-26(25)18-7-8-22(36-4)20(28)14-18/h5-10,14-15H,11-13,16H2,1-4H3,(H,29,30)/b6-5+. The number of pyridine rings is 1. The molecule has 9 heteroatoms. The van der Waals surface area contributed by atoms with Crippen LogP contribution in [0.5, 0.6) is 5.75 Å². The number of aromatic amines is 1. The van der Waals surface area contributed by atoms with Crippen LogP contribution in [0.3, 0.4) is 0 Å². The van der Waals surface area contributed by atoms with Gasteiger partial charge in [-0.2, -0.15) is 5.10 Å². The first-order valence-corrected chi connectivity index (χ1v) is 11.8. The Morgan fingerprint density at radius 1 is 1.28 bits per heavy atom. The van der Waals surface area contributed by atoms with Gasteiger partial charge in [-0.15, -0.1) is 0 Å². The first-order chi connectivity index (χ1) is 17.4. The van der Waals surface area contributed by atoms with Gasteiger partial charge < -0.3 is 19.5 Å². The molecule has 1 aromatic carbocycles. The topological polar surface area (TPSA) is 79.3 Å². The summed E-state index contributed by atoms with van der Waals surface area (Å²) in [4.78, 5) is 24.5. The zero-order valence-electron chi connectivity index (χ0n) is 20.9. The van der Waals surface area contributed by atoms with Gasteiger partial charge >= 0.3 is 0 Å². The maximum atomic E-state index is 14.7. The van der Waals surface area contributed by atoms with Crippen molar-refractivity contribution >= 4 is 16.9 Å². The molecule has 5 rings (SSSR count). The summed E-state index contributed by atoms with van der Waals surface area (Å²) in [5.74, 6) is -0.309. The Labute approximate surface area is 209 Å². The van der Waals surface area contributed by atoms with Gasteiger partial charge in [0.05, 0.1) is 25.9 Å². The van der Waals surface area contributed by atoms with E-state index in [0.717, 1.165) is 33.4 Å². The van der Waals surface area contributed by atoms with Crippen LogP contribution in [0.25, 0.3) is 33.4 Å². The molecule has 0 unspecified atom stereocenters. The highest BCUT2D eigenvalue weighted by Gasteiger charge is 2.29. The number of carbonyl (C=O) groups is 1. The number of methoxy groups -OCH3 is 1. The molecule has 0 bridgehead atoms. The third-order valence-electron chi connectivity index (χ3n) is 6.49. The highest BCUT2D eigenvalue weighted by molar-refractivity contribution is 6.00. The van der Waals surface area contributed by atoms with Gasteiger partial charge in [-0.05, 0) is 56.4 Å². The van der Waals surface area contributed by atoms with E-state index in [1.54, 1.807) is 18.3 Å². The number of nitrogens with zero attached hydrogens (tertiary/aromatic N) is 5. The molecule has 0 saturated heterocycles. The van der Waals surface area contributed by atoms with Gasteiger partial charge in [-0.3, -0.25) is 9.48 Å². The molecule has 0 radical (unpaired) electrons. The molecule has 4 heterocycles. The van der Waals surface area contributed by atoms with E-state index >= 15 is 0 Å². The predicted octanol–water partition coefficient (Wildman–Crippen LogP) is 4.01. The molecule has 0 saturated carbocycles. The van der Waals surface area contributed by atoms with E-state index in [0.29, 0.717) is 37.4 Å². The van der Waals surface area contributed by atoms with Crippen LogP contribution in [0, 0.1) is 12.7 Å². The zero-order chi connectivity index (χ0) is 25.4. The molecular formula is C27H29FN6O2. The molecule has 4 aromatic rings. The summed E-state index contributed by atoms with van der Waals surface area (Å²) in [5.41, 5.74) is 5.87. The van der Waals surface area contributed by atoms with Crippen LogP contribution < -0.4 is 4.74 Å². The van der Waals surface area contributed by atoms with Gasteiger partial charge in [0, 0.05) is 48.1 Å². The predicted molar refractivity (Wildman–Crippen MR) is 137 cm³/mol. The molecule has 0 atom stereocenters. The molecule has 0 aliphatic carbocycles. The molecule has 186 valence electrons. The number of rotatable bonds is 6. The number of hydrogen-bond donors (Lipinski definition) is 1. The molecule has 1 N–H and O–H groups in total. The van der Waals surface area contributed by atoms with Crippen LogP contribution >= 0.6 is 0 Å². The van der Waals surface area contributed by atoms with Gasteiger partial charge in [-0.1, -0.05) is 6.08 Å². The van der Waals surface area contributed by atoms with Gasteiger partial charge in [-0.25, -0.2) is 9.37 Å². The Hall–Kier alpha value is -3.98. The summed E-state index contributed by atoms with van der Waals surface area (Å²) in [6, 6.07) is 6.84. The van der Waals surface area contributed by atoms with Crippen LogP contribution in [0.2, 0.25) is 0 Å². The normalized spacial score (nSPS) is 13.7. The average Bonchev–Trinajstić information content (AvgIpc) is 3.44. The van der Waals surface area contributed by atoms with E-state index in [2.05, 4.69) is 9.97 Å². The Bertz CT molecular complexity index is 1470. The van der Waals surface area contributed by atoms with Crippen molar-refractivity contribution < 1.29 is 13.9 Å². The second kappa shape index (κ2) is 9.58. The monoisotopic (exact) mass is 488 g/mol. The van der Waals surface area contributed by atoms with Gasteiger partial charge in [0.2, 0.25) is 5.91 Å². The van der Waals surface area contributed by atoms with E-state index in [4.69, 9.17) is 9.84 Å². The summed E-state index contributed by atoms with van der Waals surface area (Å²) in [7, 11) is 5.37. The number of nitrogens with one attached hydrogen (secondary N) is 1. The number of carbonyl (C=O) groups excluding carboxylic acids is 1. The Morgan fingerprint density at radius 3 is 2.86 bits per heavy atom. The van der Waals surface area contributed by atoms with Crippen molar-refractivity contribution in [2.24, 2.45) is 0 Å². The van der Waals surface area contributed by atoms with E-state index in [9.17, 15) is 9.18 Å². The highest BCUT2D eigenvalue weighted by atomic mass is 19.1. The van der Waals surface area contributed by atoms with E-state index < -0.39 is 5.82 Å².